The van der Waals surface area contributed by atoms with Gasteiger partial charge in [-0.05, 0) is 60.2 Å². The molecule has 0 saturated carbocycles. The Hall–Kier alpha value is -3.24. The van der Waals surface area contributed by atoms with Crippen molar-refractivity contribution in [2.75, 3.05) is 4.90 Å². The lowest BCUT2D eigenvalue weighted by Crippen LogP contribution is -2.32. The van der Waals surface area contributed by atoms with E-state index in [2.05, 4.69) is 25.2 Å². The van der Waals surface area contributed by atoms with Gasteiger partial charge in [0.25, 0.3) is 5.91 Å². The molecule has 0 aromatic heterocycles. The van der Waals surface area contributed by atoms with E-state index in [1.54, 1.807) is 12.1 Å². The van der Waals surface area contributed by atoms with Crippen LogP contribution in [0.15, 0.2) is 83.4 Å². The maximum absolute atomic E-state index is 13.7. The maximum Gasteiger partial charge on any atom is 0.265 e. The molecular weight excluding hydrogens is 537 g/mol. The van der Waals surface area contributed by atoms with E-state index in [4.69, 9.17) is 23.2 Å². The van der Waals surface area contributed by atoms with E-state index in [1.165, 1.54) is 16.7 Å². The summed E-state index contributed by atoms with van der Waals surface area (Å²) in [6, 6.07) is 24.1. The number of hydrogen-bond donors (Lipinski definition) is 1. The molecule has 0 bridgehead atoms. The van der Waals surface area contributed by atoms with Crippen LogP contribution in [0.4, 0.5) is 5.69 Å². The second-order valence-electron chi connectivity index (χ2n) is 9.38. The number of nitrogens with one attached hydrogen (secondary N) is 1. The van der Waals surface area contributed by atoms with E-state index in [1.807, 2.05) is 67.6 Å². The van der Waals surface area contributed by atoms with Crippen molar-refractivity contribution in [3.63, 3.8) is 0 Å². The molecule has 38 heavy (non-hydrogen) atoms. The number of halogens is 2. The second kappa shape index (κ2) is 12.1. The smallest absolute Gasteiger partial charge is 0.265 e. The monoisotopic (exact) mass is 563 g/mol. The summed E-state index contributed by atoms with van der Waals surface area (Å²) in [5, 5.41) is 13.6. The fourth-order valence-electron chi connectivity index (χ4n) is 4.20. The van der Waals surface area contributed by atoms with Crippen LogP contribution in [-0.2, 0) is 16.0 Å². The highest BCUT2D eigenvalue weighted by atomic mass is 35.5. The van der Waals surface area contributed by atoms with Gasteiger partial charge in [0.2, 0.25) is 5.91 Å². The lowest BCUT2D eigenvalue weighted by atomic mass is 10.0. The summed E-state index contributed by atoms with van der Waals surface area (Å²) in [5.41, 5.74) is 3.38. The van der Waals surface area contributed by atoms with Gasteiger partial charge in [0, 0.05) is 5.69 Å². The van der Waals surface area contributed by atoms with Crippen LogP contribution in [0.2, 0.25) is 10.0 Å². The van der Waals surface area contributed by atoms with Gasteiger partial charge >= 0.3 is 0 Å². The number of benzene rings is 3. The Morgan fingerprint density at radius 2 is 1.68 bits per heavy atom. The number of carbonyl (C=O) groups is 2. The quantitative estimate of drug-likeness (QED) is 0.239. The zero-order chi connectivity index (χ0) is 27.4. The van der Waals surface area contributed by atoms with Gasteiger partial charge in [-0.1, -0.05) is 97.3 Å². The fourth-order valence-corrected chi connectivity index (χ4v) is 5.83. The van der Waals surface area contributed by atoms with Crippen molar-refractivity contribution in [3.8, 4) is 6.07 Å². The maximum atomic E-state index is 13.7. The zero-order valence-corrected chi connectivity index (χ0v) is 23.6. The summed E-state index contributed by atoms with van der Waals surface area (Å²) in [6.45, 7) is 6.04. The summed E-state index contributed by atoms with van der Waals surface area (Å²) in [6.07, 6.45) is 0.366. The van der Waals surface area contributed by atoms with Crippen LogP contribution in [0.5, 0.6) is 0 Å². The number of amides is 2. The van der Waals surface area contributed by atoms with Crippen LogP contribution in [0, 0.1) is 11.3 Å². The highest BCUT2D eigenvalue weighted by Crippen LogP contribution is 2.42. The van der Waals surface area contributed by atoms with Crippen molar-refractivity contribution < 1.29 is 9.59 Å². The molecule has 1 fully saturated rings. The van der Waals surface area contributed by atoms with Crippen molar-refractivity contribution >= 4 is 52.5 Å². The molecule has 1 N–H and O–H groups in total. The van der Waals surface area contributed by atoms with E-state index >= 15 is 0 Å². The molecule has 4 rings (SSSR count). The van der Waals surface area contributed by atoms with Crippen molar-refractivity contribution in [1.82, 2.24) is 5.32 Å². The van der Waals surface area contributed by atoms with E-state index in [0.717, 1.165) is 16.7 Å². The van der Waals surface area contributed by atoms with Crippen LogP contribution in [-0.4, -0.2) is 17.1 Å². The molecule has 8 heteroatoms. The summed E-state index contributed by atoms with van der Waals surface area (Å²) < 4.78 is 0. The first kappa shape index (κ1) is 27.8. The van der Waals surface area contributed by atoms with Gasteiger partial charge in [-0.3, -0.25) is 14.5 Å². The van der Waals surface area contributed by atoms with Crippen LogP contribution < -0.4 is 10.2 Å². The van der Waals surface area contributed by atoms with E-state index in [9.17, 15) is 14.9 Å². The molecule has 2 atom stereocenters. The molecule has 0 spiro atoms. The topological polar surface area (TPSA) is 73.2 Å². The van der Waals surface area contributed by atoms with Crippen molar-refractivity contribution in [3.05, 3.63) is 110 Å². The first-order valence-corrected chi connectivity index (χ1v) is 13.9. The number of anilines is 1. The number of hydrogen-bond acceptors (Lipinski definition) is 4. The molecule has 1 heterocycles. The molecule has 3 aromatic carbocycles. The minimum absolute atomic E-state index is 0.101. The minimum atomic E-state index is -0.547. The normalized spacial score (nSPS) is 17.3. The average molecular weight is 565 g/mol. The van der Waals surface area contributed by atoms with Crippen LogP contribution >= 0.6 is 35.0 Å². The number of rotatable bonds is 7. The second-order valence-corrected chi connectivity index (χ2v) is 11.4. The Morgan fingerprint density at radius 3 is 2.29 bits per heavy atom. The average Bonchev–Trinajstić information content (AvgIpc) is 3.22. The highest BCUT2D eigenvalue weighted by Gasteiger charge is 2.41. The molecule has 2 amide bonds. The number of nitrogens with zero attached hydrogens (tertiary/aromatic N) is 2. The predicted octanol–water partition coefficient (Wildman–Crippen LogP) is 7.42. The molecule has 5 nitrogen and oxygen atoms in total. The minimum Gasteiger partial charge on any atom is -0.345 e. The molecule has 1 aliphatic heterocycles. The van der Waals surface area contributed by atoms with Gasteiger partial charge in [-0.25, -0.2) is 0 Å². The van der Waals surface area contributed by atoms with Gasteiger partial charge in [-0.2, -0.15) is 5.26 Å². The predicted molar refractivity (Wildman–Crippen MR) is 155 cm³/mol. The zero-order valence-electron chi connectivity index (χ0n) is 21.2. The SMILES string of the molecule is CC(C)c1ccc(N2C(=O)C(Cc3ccc(Cl)c(Cl)c3)S/C2=C(/C#N)C(=O)NC(C)c2ccccc2)cc1. The lowest BCUT2D eigenvalue weighted by molar-refractivity contribution is -0.117. The standard InChI is InChI=1S/C30H27Cl2N3O2S/c1-18(2)21-10-12-23(13-11-21)35-29(37)27(16-20-9-14-25(31)26(32)15-20)38-30(35)24(17-33)28(36)34-19(3)22-7-5-4-6-8-22/h4-15,18-19,27H,16H2,1-3H3,(H,34,36)/b30-24-. The molecular formula is C30H27Cl2N3O2S. The largest absolute Gasteiger partial charge is 0.345 e. The Morgan fingerprint density at radius 1 is 1.00 bits per heavy atom. The Bertz CT molecular complexity index is 1420. The molecule has 2 unspecified atom stereocenters. The molecule has 1 aliphatic rings. The molecule has 3 aromatic rings. The first-order chi connectivity index (χ1) is 18.2. The fraction of sp³-hybridized carbons (Fsp3) is 0.233. The molecule has 0 radical (unpaired) electrons. The third kappa shape index (κ3) is 6.07. The summed E-state index contributed by atoms with van der Waals surface area (Å²) in [7, 11) is 0. The lowest BCUT2D eigenvalue weighted by Gasteiger charge is -2.20. The van der Waals surface area contributed by atoms with Crippen molar-refractivity contribution in [2.24, 2.45) is 0 Å². The summed E-state index contributed by atoms with van der Waals surface area (Å²) >= 11 is 13.5. The van der Waals surface area contributed by atoms with Crippen LogP contribution in [0.1, 0.15) is 49.4 Å². The number of thioether (sulfide) groups is 1. The Kier molecular flexibility index (Phi) is 8.83. The molecule has 1 saturated heterocycles. The van der Waals surface area contributed by atoms with Crippen LogP contribution in [0.25, 0.3) is 0 Å². The Balaban J connectivity index is 1.71. The third-order valence-corrected chi connectivity index (χ3v) is 8.38. The van der Waals surface area contributed by atoms with Crippen molar-refractivity contribution in [1.29, 1.82) is 5.26 Å². The highest BCUT2D eigenvalue weighted by molar-refractivity contribution is 8.05. The summed E-state index contributed by atoms with van der Waals surface area (Å²) in [5.74, 6) is -0.409. The third-order valence-electron chi connectivity index (χ3n) is 6.38. The van der Waals surface area contributed by atoms with E-state index in [-0.39, 0.29) is 17.5 Å². The van der Waals surface area contributed by atoms with Crippen molar-refractivity contribution in [2.45, 2.75) is 44.4 Å². The van der Waals surface area contributed by atoms with Gasteiger partial charge in [0.15, 0.2) is 0 Å². The first-order valence-electron chi connectivity index (χ1n) is 12.2. The summed E-state index contributed by atoms with van der Waals surface area (Å²) in [4.78, 5) is 28.6. The van der Waals surface area contributed by atoms with Gasteiger partial charge in [0.1, 0.15) is 16.7 Å². The van der Waals surface area contributed by atoms with Gasteiger partial charge in [-0.15, -0.1) is 0 Å². The number of carbonyl (C=O) groups excluding carboxylic acids is 2. The Labute approximate surface area is 237 Å². The van der Waals surface area contributed by atoms with E-state index in [0.29, 0.717) is 33.1 Å². The van der Waals surface area contributed by atoms with Gasteiger partial charge in [0.05, 0.1) is 21.3 Å². The van der Waals surface area contributed by atoms with E-state index < -0.39 is 11.2 Å². The van der Waals surface area contributed by atoms with Crippen LogP contribution in [0.3, 0.4) is 0 Å². The molecule has 194 valence electrons. The van der Waals surface area contributed by atoms with Gasteiger partial charge < -0.3 is 5.32 Å². The molecule has 0 aliphatic carbocycles. The number of nitriles is 1.